The van der Waals surface area contributed by atoms with E-state index in [0.717, 1.165) is 16.7 Å². The van der Waals surface area contributed by atoms with Crippen LogP contribution in [-0.2, 0) is 9.59 Å². The molecule has 6 heteroatoms. The zero-order valence-electron chi connectivity index (χ0n) is 14.6. The van der Waals surface area contributed by atoms with Crippen molar-refractivity contribution in [2.24, 2.45) is 0 Å². The highest BCUT2D eigenvalue weighted by Gasteiger charge is 2.08. The molecule has 0 aliphatic carbocycles. The summed E-state index contributed by atoms with van der Waals surface area (Å²) in [5.74, 6) is 0.361. The molecule has 0 fully saturated rings. The number of amides is 2. The Morgan fingerprint density at radius 2 is 1.36 bits per heavy atom. The molecule has 2 amide bonds. The van der Waals surface area contributed by atoms with E-state index in [1.807, 2.05) is 57.2 Å². The summed E-state index contributed by atoms with van der Waals surface area (Å²) in [4.78, 5) is 23.5. The lowest BCUT2D eigenvalue weighted by Crippen LogP contribution is -2.45. The predicted molar refractivity (Wildman–Crippen MR) is 94.4 cm³/mol. The third-order valence-corrected chi connectivity index (χ3v) is 3.50. The van der Waals surface area contributed by atoms with Gasteiger partial charge in [-0.1, -0.05) is 30.3 Å². The van der Waals surface area contributed by atoms with Crippen LogP contribution in [0.15, 0.2) is 42.5 Å². The minimum absolute atomic E-state index is 0.191. The largest absolute Gasteiger partial charge is 0.483 e. The molecular formula is C19H22N2O4. The van der Waals surface area contributed by atoms with E-state index in [9.17, 15) is 9.59 Å². The maximum Gasteiger partial charge on any atom is 0.276 e. The molecule has 0 bridgehead atoms. The molecule has 6 nitrogen and oxygen atoms in total. The number of hydrogen-bond donors (Lipinski definition) is 2. The van der Waals surface area contributed by atoms with Gasteiger partial charge >= 0.3 is 0 Å². The van der Waals surface area contributed by atoms with E-state index in [2.05, 4.69) is 10.9 Å². The second-order valence-corrected chi connectivity index (χ2v) is 5.71. The van der Waals surface area contributed by atoms with Gasteiger partial charge in [0.2, 0.25) is 0 Å². The molecule has 0 spiro atoms. The fourth-order valence-corrected chi connectivity index (χ4v) is 2.08. The molecule has 132 valence electrons. The topological polar surface area (TPSA) is 76.7 Å². The summed E-state index contributed by atoms with van der Waals surface area (Å²) in [6.07, 6.45) is 0. The molecule has 0 heterocycles. The average Bonchev–Trinajstić information content (AvgIpc) is 2.60. The van der Waals surface area contributed by atoms with Crippen LogP contribution in [0.1, 0.15) is 16.7 Å². The van der Waals surface area contributed by atoms with Gasteiger partial charge in [0, 0.05) is 0 Å². The molecule has 2 N–H and O–H groups in total. The van der Waals surface area contributed by atoms with Gasteiger partial charge < -0.3 is 9.47 Å². The first-order chi connectivity index (χ1) is 12.0. The third-order valence-electron chi connectivity index (χ3n) is 3.50. The summed E-state index contributed by atoms with van der Waals surface area (Å²) in [5.41, 5.74) is 7.50. The van der Waals surface area contributed by atoms with Gasteiger partial charge in [-0.3, -0.25) is 20.4 Å². The predicted octanol–water partition coefficient (Wildman–Crippen LogP) is 2.22. The monoisotopic (exact) mass is 342 g/mol. The molecule has 0 aromatic heterocycles. The molecule has 0 saturated heterocycles. The van der Waals surface area contributed by atoms with Gasteiger partial charge in [0.15, 0.2) is 13.2 Å². The van der Waals surface area contributed by atoms with Crippen molar-refractivity contribution in [1.82, 2.24) is 10.9 Å². The molecule has 2 rings (SSSR count). The first kappa shape index (κ1) is 18.3. The van der Waals surface area contributed by atoms with Crippen LogP contribution < -0.4 is 20.3 Å². The van der Waals surface area contributed by atoms with Gasteiger partial charge in [0.1, 0.15) is 11.5 Å². The van der Waals surface area contributed by atoms with Gasteiger partial charge in [-0.05, 0) is 49.6 Å². The normalized spacial score (nSPS) is 10.0. The number of ether oxygens (including phenoxy) is 2. The molecule has 0 aliphatic rings. The van der Waals surface area contributed by atoms with E-state index in [-0.39, 0.29) is 13.2 Å². The number of aryl methyl sites for hydroxylation is 3. The summed E-state index contributed by atoms with van der Waals surface area (Å²) >= 11 is 0. The van der Waals surface area contributed by atoms with E-state index in [1.165, 1.54) is 0 Å². The molecule has 0 radical (unpaired) electrons. The lowest BCUT2D eigenvalue weighted by molar-refractivity contribution is -0.131. The summed E-state index contributed by atoms with van der Waals surface area (Å²) in [7, 11) is 0. The lowest BCUT2D eigenvalue weighted by atomic mass is 10.1. The summed E-state index contributed by atoms with van der Waals surface area (Å²) < 4.78 is 10.9. The second-order valence-electron chi connectivity index (χ2n) is 5.71. The fourth-order valence-electron chi connectivity index (χ4n) is 2.08. The van der Waals surface area contributed by atoms with Crippen LogP contribution in [0.5, 0.6) is 11.5 Å². The standard InChI is InChI=1S/C19H22N2O4/c1-13-8-9-15(3)17(10-13)25-12-19(23)21-20-18(22)11-24-16-7-5-4-6-14(16)2/h4-10H,11-12H2,1-3H3,(H,20,22)(H,21,23). The Bertz CT molecular complexity index is 759. The lowest BCUT2D eigenvalue weighted by Gasteiger charge is -2.12. The van der Waals surface area contributed by atoms with Gasteiger partial charge in [-0.25, -0.2) is 0 Å². The Kier molecular flexibility index (Phi) is 6.39. The van der Waals surface area contributed by atoms with Crippen LogP contribution >= 0.6 is 0 Å². The molecule has 25 heavy (non-hydrogen) atoms. The maximum atomic E-state index is 11.8. The van der Waals surface area contributed by atoms with Gasteiger partial charge in [-0.15, -0.1) is 0 Å². The van der Waals surface area contributed by atoms with E-state index in [1.54, 1.807) is 6.07 Å². The molecule has 2 aromatic carbocycles. The molecular weight excluding hydrogens is 320 g/mol. The van der Waals surface area contributed by atoms with Crippen LogP contribution in [-0.4, -0.2) is 25.0 Å². The molecule has 0 atom stereocenters. The fraction of sp³-hybridized carbons (Fsp3) is 0.263. The van der Waals surface area contributed by atoms with Crippen molar-refractivity contribution in [2.75, 3.05) is 13.2 Å². The number of rotatable bonds is 6. The number of carbonyl (C=O) groups excluding carboxylic acids is 2. The second kappa shape index (κ2) is 8.73. The van der Waals surface area contributed by atoms with Crippen molar-refractivity contribution in [1.29, 1.82) is 0 Å². The van der Waals surface area contributed by atoms with Crippen LogP contribution in [0.4, 0.5) is 0 Å². The highest BCUT2D eigenvalue weighted by Crippen LogP contribution is 2.18. The number of para-hydroxylation sites is 1. The van der Waals surface area contributed by atoms with Crippen LogP contribution in [0.3, 0.4) is 0 Å². The Hall–Kier alpha value is -3.02. The van der Waals surface area contributed by atoms with Gasteiger partial charge in [0.25, 0.3) is 11.8 Å². The smallest absolute Gasteiger partial charge is 0.276 e. The summed E-state index contributed by atoms with van der Waals surface area (Å²) in [6, 6.07) is 13.1. The number of benzene rings is 2. The molecule has 0 unspecified atom stereocenters. The maximum absolute atomic E-state index is 11.8. The molecule has 0 aliphatic heterocycles. The van der Waals surface area contributed by atoms with Gasteiger partial charge in [-0.2, -0.15) is 0 Å². The van der Waals surface area contributed by atoms with Crippen molar-refractivity contribution in [3.8, 4) is 11.5 Å². The van der Waals surface area contributed by atoms with Crippen molar-refractivity contribution in [3.05, 3.63) is 59.2 Å². The highest BCUT2D eigenvalue weighted by molar-refractivity contribution is 5.83. The Morgan fingerprint density at radius 1 is 0.800 bits per heavy atom. The van der Waals surface area contributed by atoms with Crippen molar-refractivity contribution >= 4 is 11.8 Å². The zero-order valence-corrected chi connectivity index (χ0v) is 14.6. The highest BCUT2D eigenvalue weighted by atomic mass is 16.5. The first-order valence-corrected chi connectivity index (χ1v) is 7.92. The SMILES string of the molecule is Cc1ccc(C)c(OCC(=O)NNC(=O)COc2ccccc2C)c1. The number of hydrogen-bond acceptors (Lipinski definition) is 4. The van der Waals surface area contributed by atoms with Crippen LogP contribution in [0, 0.1) is 20.8 Å². The number of carbonyl (C=O) groups is 2. The number of nitrogens with one attached hydrogen (secondary N) is 2. The van der Waals surface area contributed by atoms with Crippen molar-refractivity contribution in [3.63, 3.8) is 0 Å². The zero-order chi connectivity index (χ0) is 18.2. The summed E-state index contributed by atoms with van der Waals surface area (Å²) in [5, 5.41) is 0. The van der Waals surface area contributed by atoms with Crippen LogP contribution in [0.2, 0.25) is 0 Å². The number of hydrazine groups is 1. The Labute approximate surface area is 147 Å². The van der Waals surface area contributed by atoms with Crippen molar-refractivity contribution < 1.29 is 19.1 Å². The van der Waals surface area contributed by atoms with Gasteiger partial charge in [0.05, 0.1) is 0 Å². The van der Waals surface area contributed by atoms with E-state index in [0.29, 0.717) is 11.5 Å². The summed E-state index contributed by atoms with van der Waals surface area (Å²) in [6.45, 7) is 5.35. The average molecular weight is 342 g/mol. The minimum Gasteiger partial charge on any atom is -0.483 e. The Balaban J connectivity index is 1.71. The molecule has 2 aromatic rings. The van der Waals surface area contributed by atoms with Crippen LogP contribution in [0.25, 0.3) is 0 Å². The Morgan fingerprint density at radius 3 is 2.00 bits per heavy atom. The minimum atomic E-state index is -0.455. The first-order valence-electron chi connectivity index (χ1n) is 7.92. The van der Waals surface area contributed by atoms with E-state index in [4.69, 9.17) is 9.47 Å². The molecule has 0 saturated carbocycles. The van der Waals surface area contributed by atoms with Crippen molar-refractivity contribution in [2.45, 2.75) is 20.8 Å². The quantitative estimate of drug-likeness (QED) is 0.789. The van der Waals surface area contributed by atoms with E-state index >= 15 is 0 Å². The van der Waals surface area contributed by atoms with E-state index < -0.39 is 11.8 Å². The third kappa shape index (κ3) is 5.84.